The average molecular weight is 452 g/mol. The van der Waals surface area contributed by atoms with E-state index >= 15 is 0 Å². The summed E-state index contributed by atoms with van der Waals surface area (Å²) in [6.45, 7) is 28.1. The van der Waals surface area contributed by atoms with E-state index in [4.69, 9.17) is 0 Å². The highest BCUT2D eigenvalue weighted by molar-refractivity contribution is 5.80. The van der Waals surface area contributed by atoms with Crippen molar-refractivity contribution >= 4 is 11.5 Å². The number of aryl methyl sites for hydroxylation is 2. The van der Waals surface area contributed by atoms with Gasteiger partial charge in [0.15, 0.2) is 0 Å². The Balaban J connectivity index is 1.64. The molecule has 3 rings (SSSR count). The summed E-state index contributed by atoms with van der Waals surface area (Å²) in [7, 11) is 0. The fourth-order valence-electron chi connectivity index (χ4n) is 5.10. The third-order valence-corrected chi connectivity index (χ3v) is 7.26. The number of benzene rings is 1. The SMILES string of the molecule is C=C(c1cc(CN2CCN(/C(C)=C/CC)CC2)c(C)cc1C)N1CCN(C(C)=NCC)CC1. The third kappa shape index (κ3) is 6.41. The Morgan fingerprint density at radius 1 is 0.879 bits per heavy atom. The van der Waals surface area contributed by atoms with Crippen molar-refractivity contribution in [3.05, 3.63) is 52.7 Å². The van der Waals surface area contributed by atoms with Gasteiger partial charge >= 0.3 is 0 Å². The van der Waals surface area contributed by atoms with Crippen molar-refractivity contribution in [1.29, 1.82) is 0 Å². The lowest BCUT2D eigenvalue weighted by Crippen LogP contribution is -2.47. The summed E-state index contributed by atoms with van der Waals surface area (Å²) in [5.41, 5.74) is 8.07. The van der Waals surface area contributed by atoms with E-state index in [1.54, 1.807) is 0 Å². The van der Waals surface area contributed by atoms with E-state index < -0.39 is 0 Å². The molecule has 2 heterocycles. The van der Waals surface area contributed by atoms with E-state index in [0.29, 0.717) is 0 Å². The number of piperazine rings is 2. The van der Waals surface area contributed by atoms with E-state index in [1.807, 2.05) is 0 Å². The highest BCUT2D eigenvalue weighted by Gasteiger charge is 2.22. The van der Waals surface area contributed by atoms with E-state index in [2.05, 4.69) is 90.9 Å². The monoisotopic (exact) mass is 451 g/mol. The van der Waals surface area contributed by atoms with E-state index in [0.717, 1.165) is 77.7 Å². The van der Waals surface area contributed by atoms with Gasteiger partial charge < -0.3 is 14.7 Å². The number of amidine groups is 1. The average Bonchev–Trinajstić information content (AvgIpc) is 2.81. The Morgan fingerprint density at radius 2 is 1.48 bits per heavy atom. The number of allylic oxidation sites excluding steroid dienone is 2. The van der Waals surface area contributed by atoms with Gasteiger partial charge in [-0.1, -0.05) is 25.6 Å². The van der Waals surface area contributed by atoms with Gasteiger partial charge in [0.1, 0.15) is 0 Å². The lowest BCUT2D eigenvalue weighted by Gasteiger charge is -2.38. The lowest BCUT2D eigenvalue weighted by molar-refractivity contribution is 0.152. The van der Waals surface area contributed by atoms with Crippen molar-refractivity contribution in [2.45, 2.75) is 54.5 Å². The van der Waals surface area contributed by atoms with Crippen molar-refractivity contribution in [1.82, 2.24) is 19.6 Å². The Morgan fingerprint density at radius 3 is 2.09 bits per heavy atom. The first kappa shape index (κ1) is 25.4. The van der Waals surface area contributed by atoms with Crippen molar-refractivity contribution in [3.63, 3.8) is 0 Å². The van der Waals surface area contributed by atoms with Crippen LogP contribution in [0.15, 0.2) is 35.5 Å². The molecule has 0 aromatic heterocycles. The summed E-state index contributed by atoms with van der Waals surface area (Å²) in [6.07, 6.45) is 3.46. The molecule has 2 saturated heterocycles. The van der Waals surface area contributed by atoms with Crippen LogP contribution < -0.4 is 0 Å². The van der Waals surface area contributed by atoms with Crippen LogP contribution in [0.4, 0.5) is 0 Å². The molecule has 0 radical (unpaired) electrons. The number of nitrogens with zero attached hydrogens (tertiary/aromatic N) is 5. The molecule has 1 aromatic rings. The minimum Gasteiger partial charge on any atom is -0.373 e. The lowest BCUT2D eigenvalue weighted by atomic mass is 9.97. The fraction of sp³-hybridized carbons (Fsp3) is 0.607. The van der Waals surface area contributed by atoms with Crippen LogP contribution in [0, 0.1) is 13.8 Å². The van der Waals surface area contributed by atoms with Crippen molar-refractivity contribution < 1.29 is 0 Å². The zero-order chi connectivity index (χ0) is 24.0. The van der Waals surface area contributed by atoms with E-state index in [-0.39, 0.29) is 0 Å². The van der Waals surface area contributed by atoms with Crippen LogP contribution in [0.3, 0.4) is 0 Å². The molecule has 0 bridgehead atoms. The topological polar surface area (TPSA) is 25.3 Å². The second-order valence-corrected chi connectivity index (χ2v) is 9.55. The minimum absolute atomic E-state index is 0.855. The molecule has 2 aliphatic heterocycles. The maximum atomic E-state index is 4.58. The van der Waals surface area contributed by atoms with Crippen LogP contribution in [0.25, 0.3) is 5.70 Å². The standard InChI is InChI=1S/C28H45N5/c1-8-10-24(5)31-13-11-30(12-14-31)21-27-20-28(23(4)19-22(27)3)25(6)32-15-17-33(18-16-32)26(7)29-9-2/h10,19-20H,6,8-9,11-18,21H2,1-5,7H3/b24-10+,29-26?. The molecule has 0 amide bonds. The first-order valence-electron chi connectivity index (χ1n) is 12.8. The predicted octanol–water partition coefficient (Wildman–Crippen LogP) is 4.76. The molecule has 182 valence electrons. The molecule has 2 fully saturated rings. The number of rotatable bonds is 7. The molecule has 5 nitrogen and oxygen atoms in total. The Hall–Kier alpha value is -2.27. The maximum absolute atomic E-state index is 4.58. The van der Waals surface area contributed by atoms with Gasteiger partial charge in [-0.05, 0) is 63.8 Å². The van der Waals surface area contributed by atoms with Crippen LogP contribution in [-0.4, -0.2) is 84.3 Å². The van der Waals surface area contributed by atoms with Crippen molar-refractivity contribution in [2.75, 3.05) is 58.9 Å². The second kappa shape index (κ2) is 11.7. The molecular formula is C28H45N5. The van der Waals surface area contributed by atoms with Crippen LogP contribution in [0.1, 0.15) is 56.4 Å². The van der Waals surface area contributed by atoms with Crippen LogP contribution in [-0.2, 0) is 6.54 Å². The van der Waals surface area contributed by atoms with Crippen LogP contribution in [0.2, 0.25) is 0 Å². The fourth-order valence-corrected chi connectivity index (χ4v) is 5.10. The molecule has 0 saturated carbocycles. The summed E-state index contributed by atoms with van der Waals surface area (Å²) in [5.74, 6) is 1.16. The largest absolute Gasteiger partial charge is 0.373 e. The molecule has 0 atom stereocenters. The maximum Gasteiger partial charge on any atom is 0.0958 e. The highest BCUT2D eigenvalue weighted by Crippen LogP contribution is 2.27. The van der Waals surface area contributed by atoms with Crippen molar-refractivity contribution in [3.8, 4) is 0 Å². The zero-order valence-electron chi connectivity index (χ0n) is 22.0. The zero-order valence-corrected chi connectivity index (χ0v) is 22.0. The van der Waals surface area contributed by atoms with Crippen LogP contribution in [0.5, 0.6) is 0 Å². The smallest absolute Gasteiger partial charge is 0.0958 e. The van der Waals surface area contributed by atoms with Crippen molar-refractivity contribution in [2.24, 2.45) is 4.99 Å². The van der Waals surface area contributed by atoms with Crippen LogP contribution >= 0.6 is 0 Å². The normalized spacial score (nSPS) is 18.8. The first-order chi connectivity index (χ1) is 15.8. The predicted molar refractivity (Wildman–Crippen MR) is 143 cm³/mol. The van der Waals surface area contributed by atoms with Gasteiger partial charge in [-0.2, -0.15) is 0 Å². The Labute approximate surface area is 202 Å². The van der Waals surface area contributed by atoms with Gasteiger partial charge in [0, 0.05) is 82.4 Å². The summed E-state index contributed by atoms with van der Waals surface area (Å²) < 4.78 is 0. The molecule has 2 aliphatic rings. The molecule has 5 heteroatoms. The minimum atomic E-state index is 0.855. The van der Waals surface area contributed by atoms with Gasteiger partial charge in [0.05, 0.1) is 5.84 Å². The van der Waals surface area contributed by atoms with E-state index in [9.17, 15) is 0 Å². The summed E-state index contributed by atoms with van der Waals surface area (Å²) in [4.78, 5) is 14.6. The number of hydrogen-bond acceptors (Lipinski definition) is 4. The number of hydrogen-bond donors (Lipinski definition) is 0. The molecule has 0 aliphatic carbocycles. The Bertz CT molecular complexity index is 869. The molecule has 0 N–H and O–H groups in total. The molecule has 33 heavy (non-hydrogen) atoms. The first-order valence-corrected chi connectivity index (χ1v) is 12.8. The molecule has 0 unspecified atom stereocenters. The highest BCUT2D eigenvalue weighted by atomic mass is 15.3. The summed E-state index contributed by atoms with van der Waals surface area (Å²) in [6, 6.07) is 4.77. The number of aliphatic imine (C=N–C) groups is 1. The summed E-state index contributed by atoms with van der Waals surface area (Å²) >= 11 is 0. The second-order valence-electron chi connectivity index (χ2n) is 9.55. The summed E-state index contributed by atoms with van der Waals surface area (Å²) in [5, 5.41) is 0. The van der Waals surface area contributed by atoms with Gasteiger partial charge in [0.25, 0.3) is 0 Å². The molecular weight excluding hydrogens is 406 g/mol. The quantitative estimate of drug-likeness (QED) is 0.441. The van der Waals surface area contributed by atoms with Gasteiger partial charge in [-0.15, -0.1) is 0 Å². The Kier molecular flexibility index (Phi) is 9.02. The third-order valence-electron chi connectivity index (χ3n) is 7.26. The molecule has 1 aromatic carbocycles. The van der Waals surface area contributed by atoms with Gasteiger partial charge in [-0.3, -0.25) is 9.89 Å². The van der Waals surface area contributed by atoms with E-state index in [1.165, 1.54) is 33.6 Å². The van der Waals surface area contributed by atoms with Gasteiger partial charge in [0.2, 0.25) is 0 Å². The molecule has 0 spiro atoms. The van der Waals surface area contributed by atoms with Gasteiger partial charge in [-0.25, -0.2) is 0 Å².